The van der Waals surface area contributed by atoms with Crippen LogP contribution in [0.15, 0.2) is 29.2 Å². The predicted octanol–water partition coefficient (Wildman–Crippen LogP) is 0.647. The van der Waals surface area contributed by atoms with Crippen molar-refractivity contribution in [3.63, 3.8) is 0 Å². The zero-order chi connectivity index (χ0) is 18.5. The second-order valence-electron chi connectivity index (χ2n) is 5.45. The van der Waals surface area contributed by atoms with E-state index < -0.39 is 27.8 Å². The minimum Gasteiger partial charge on any atom is -0.352 e. The number of nitrogens with zero attached hydrogens (tertiary/aromatic N) is 1. The number of H-pyrrole nitrogens is 1. The van der Waals surface area contributed by atoms with E-state index in [4.69, 9.17) is 9.98 Å². The molecule has 0 fully saturated rings. The highest BCUT2D eigenvalue weighted by molar-refractivity contribution is 7.89. The maximum absolute atomic E-state index is 12.3. The number of carbonyl (C=O) groups excluding carboxylic acids is 3. The van der Waals surface area contributed by atoms with Crippen molar-refractivity contribution in [3.05, 3.63) is 52.3 Å². The van der Waals surface area contributed by atoms with Crippen molar-refractivity contribution in [1.82, 2.24) is 10.0 Å². The van der Waals surface area contributed by atoms with E-state index in [2.05, 4.69) is 4.98 Å². The second kappa shape index (κ2) is 5.53. The molecule has 130 valence electrons. The minimum absolute atomic E-state index is 0.0432. The molecular weight excluding hydrogens is 350 g/mol. The van der Waals surface area contributed by atoms with Crippen molar-refractivity contribution >= 4 is 27.8 Å². The summed E-state index contributed by atoms with van der Waals surface area (Å²) in [7, 11) is -4.06. The van der Waals surface area contributed by atoms with Crippen LogP contribution in [0.25, 0.3) is 0 Å². The Balaban J connectivity index is 1.93. The zero-order valence-corrected chi connectivity index (χ0v) is 14.0. The van der Waals surface area contributed by atoms with Crippen LogP contribution in [0.5, 0.6) is 0 Å². The van der Waals surface area contributed by atoms with Gasteiger partial charge in [-0.25, -0.2) is 18.4 Å². The summed E-state index contributed by atoms with van der Waals surface area (Å²) < 4.78 is 23.2. The first-order valence-corrected chi connectivity index (χ1v) is 8.59. The van der Waals surface area contributed by atoms with Gasteiger partial charge < -0.3 is 9.82 Å². The molecule has 0 spiro atoms. The van der Waals surface area contributed by atoms with Crippen LogP contribution in [0.2, 0.25) is 0 Å². The molecule has 0 aliphatic carbocycles. The average molecular weight is 363 g/mol. The van der Waals surface area contributed by atoms with Crippen molar-refractivity contribution in [2.24, 2.45) is 5.14 Å². The number of carbonyl (C=O) groups is 3. The second-order valence-corrected chi connectivity index (χ2v) is 6.95. The summed E-state index contributed by atoms with van der Waals surface area (Å²) in [5.74, 6) is -2.63. The Kier molecular flexibility index (Phi) is 3.73. The molecule has 1 aromatic heterocycles. The van der Waals surface area contributed by atoms with E-state index in [1.807, 2.05) is 0 Å². The van der Waals surface area contributed by atoms with Crippen molar-refractivity contribution < 1.29 is 27.6 Å². The lowest BCUT2D eigenvalue weighted by atomic mass is 10.1. The lowest BCUT2D eigenvalue weighted by Gasteiger charge is -2.12. The molecule has 10 heteroatoms. The molecular formula is C15H13N3O6S. The highest BCUT2D eigenvalue weighted by atomic mass is 32.2. The highest BCUT2D eigenvalue weighted by Gasteiger charge is 2.39. The number of aryl methyl sites for hydroxylation is 1. The van der Waals surface area contributed by atoms with Crippen LogP contribution >= 0.6 is 0 Å². The van der Waals surface area contributed by atoms with Gasteiger partial charge in [0.1, 0.15) is 10.6 Å². The Morgan fingerprint density at radius 3 is 2.08 bits per heavy atom. The zero-order valence-electron chi connectivity index (χ0n) is 13.2. The van der Waals surface area contributed by atoms with Crippen molar-refractivity contribution in [2.75, 3.05) is 0 Å². The van der Waals surface area contributed by atoms with Gasteiger partial charge in [-0.3, -0.25) is 9.59 Å². The molecule has 1 aromatic carbocycles. The molecule has 0 atom stereocenters. The van der Waals surface area contributed by atoms with Crippen LogP contribution in [0.3, 0.4) is 0 Å². The van der Waals surface area contributed by atoms with Gasteiger partial charge in [0.15, 0.2) is 0 Å². The Labute approximate surface area is 142 Å². The topological polar surface area (TPSA) is 140 Å². The van der Waals surface area contributed by atoms with Gasteiger partial charge in [0.05, 0.1) is 11.1 Å². The summed E-state index contributed by atoms with van der Waals surface area (Å²) in [5.41, 5.74) is 0.212. The van der Waals surface area contributed by atoms with Gasteiger partial charge in [-0.05, 0) is 26.0 Å². The third kappa shape index (κ3) is 2.61. The molecule has 0 saturated carbocycles. The van der Waals surface area contributed by atoms with Gasteiger partial charge in [0, 0.05) is 11.3 Å². The van der Waals surface area contributed by atoms with Gasteiger partial charge in [-0.15, -0.1) is 0 Å². The van der Waals surface area contributed by atoms with Crippen LogP contribution in [0.1, 0.15) is 42.5 Å². The maximum Gasteiger partial charge on any atom is 0.380 e. The summed E-state index contributed by atoms with van der Waals surface area (Å²) in [5, 5.41) is 5.47. The van der Waals surface area contributed by atoms with Crippen LogP contribution in [-0.2, 0) is 14.9 Å². The predicted molar refractivity (Wildman–Crippen MR) is 84.0 cm³/mol. The fraction of sp³-hybridized carbons (Fsp3) is 0.133. The molecule has 25 heavy (non-hydrogen) atoms. The summed E-state index contributed by atoms with van der Waals surface area (Å²) >= 11 is 0. The Bertz CT molecular complexity index is 1000. The van der Waals surface area contributed by atoms with E-state index in [9.17, 15) is 22.8 Å². The number of benzene rings is 1. The molecule has 0 bridgehead atoms. The first-order valence-electron chi connectivity index (χ1n) is 7.05. The van der Waals surface area contributed by atoms with Gasteiger partial charge in [-0.1, -0.05) is 17.2 Å². The van der Waals surface area contributed by atoms with Crippen LogP contribution in [0.4, 0.5) is 0 Å². The van der Waals surface area contributed by atoms with E-state index >= 15 is 0 Å². The number of primary sulfonamides is 1. The number of hydroxylamine groups is 2. The number of imide groups is 1. The molecule has 3 rings (SSSR count). The molecule has 1 aliphatic rings. The van der Waals surface area contributed by atoms with Gasteiger partial charge in [0.2, 0.25) is 10.0 Å². The number of rotatable bonds is 3. The van der Waals surface area contributed by atoms with Crippen molar-refractivity contribution in [1.29, 1.82) is 0 Å². The number of sulfonamides is 1. The smallest absolute Gasteiger partial charge is 0.352 e. The van der Waals surface area contributed by atoms with E-state index in [0.29, 0.717) is 5.06 Å². The standard InChI is InChI=1S/C15H13N3O6S/c1-7-11(17-8(2)12(7)25(16,22)23)15(21)24-18-13(19)9-5-3-4-6-10(9)14(18)20/h3-6,17H,1-2H3,(H2,16,22,23). The first-order chi connectivity index (χ1) is 11.6. The Morgan fingerprint density at radius 2 is 1.64 bits per heavy atom. The van der Waals surface area contributed by atoms with Crippen LogP contribution < -0.4 is 5.14 Å². The van der Waals surface area contributed by atoms with Crippen LogP contribution in [-0.4, -0.2) is 36.2 Å². The summed E-state index contributed by atoms with van der Waals surface area (Å²) in [6, 6.07) is 6.03. The molecule has 1 aliphatic heterocycles. The fourth-order valence-electron chi connectivity index (χ4n) is 2.74. The molecule has 2 aromatic rings. The number of hydrogen-bond acceptors (Lipinski definition) is 6. The summed E-state index contributed by atoms with van der Waals surface area (Å²) in [6.45, 7) is 2.79. The molecule has 0 radical (unpaired) electrons. The van der Waals surface area contributed by atoms with Gasteiger partial charge >= 0.3 is 5.97 Å². The van der Waals surface area contributed by atoms with Crippen molar-refractivity contribution in [3.8, 4) is 0 Å². The first kappa shape index (κ1) is 16.9. The number of fused-ring (bicyclic) bond motifs is 1. The highest BCUT2D eigenvalue weighted by Crippen LogP contribution is 2.26. The average Bonchev–Trinajstić information content (AvgIpc) is 2.96. The Morgan fingerprint density at radius 1 is 1.12 bits per heavy atom. The monoisotopic (exact) mass is 363 g/mol. The lowest BCUT2D eigenvalue weighted by Crippen LogP contribution is -2.33. The molecule has 0 saturated heterocycles. The van der Waals surface area contributed by atoms with Gasteiger partial charge in [0.25, 0.3) is 11.8 Å². The normalized spacial score (nSPS) is 14.0. The van der Waals surface area contributed by atoms with E-state index in [0.717, 1.165) is 0 Å². The SMILES string of the molecule is Cc1[nH]c(C(=O)ON2C(=O)c3ccccc3C2=O)c(C)c1S(N)(=O)=O. The number of nitrogens with two attached hydrogens (primary N) is 1. The molecule has 2 amide bonds. The molecule has 0 unspecified atom stereocenters. The van der Waals surface area contributed by atoms with E-state index in [1.165, 1.54) is 26.0 Å². The maximum atomic E-state index is 12.3. The third-order valence-electron chi connectivity index (χ3n) is 3.79. The number of amides is 2. The lowest BCUT2D eigenvalue weighted by molar-refractivity contribution is -0.0588. The van der Waals surface area contributed by atoms with E-state index in [-0.39, 0.29) is 33.0 Å². The number of hydrogen-bond donors (Lipinski definition) is 2. The molecule has 2 heterocycles. The van der Waals surface area contributed by atoms with E-state index in [1.54, 1.807) is 12.1 Å². The number of aromatic nitrogens is 1. The van der Waals surface area contributed by atoms with Gasteiger partial charge in [-0.2, -0.15) is 0 Å². The molecule has 3 N–H and O–H groups in total. The Hall–Kier alpha value is -2.98. The third-order valence-corrected chi connectivity index (χ3v) is 4.97. The summed E-state index contributed by atoms with van der Waals surface area (Å²) in [4.78, 5) is 43.9. The quantitative estimate of drug-likeness (QED) is 0.767. The van der Waals surface area contributed by atoms with Crippen LogP contribution in [0, 0.1) is 13.8 Å². The number of aromatic amines is 1. The largest absolute Gasteiger partial charge is 0.380 e. The number of nitrogens with one attached hydrogen (secondary N) is 1. The van der Waals surface area contributed by atoms with Crippen molar-refractivity contribution in [2.45, 2.75) is 18.7 Å². The summed E-state index contributed by atoms with van der Waals surface area (Å²) in [6.07, 6.45) is 0. The minimum atomic E-state index is -4.06. The molecule has 9 nitrogen and oxygen atoms in total. The fourth-order valence-corrected chi connectivity index (χ4v) is 3.75.